The largest absolute Gasteiger partial charge is 0.461 e. The molecule has 0 amide bonds. The van der Waals surface area contributed by atoms with Crippen molar-refractivity contribution in [1.82, 2.24) is 9.55 Å². The normalized spacial score (nSPS) is 11.0. The van der Waals surface area contributed by atoms with E-state index in [-0.39, 0.29) is 17.9 Å². The highest BCUT2D eigenvalue weighted by molar-refractivity contribution is 6.07. The van der Waals surface area contributed by atoms with Crippen LogP contribution in [0.5, 0.6) is 0 Å². The van der Waals surface area contributed by atoms with E-state index >= 15 is 0 Å². The lowest BCUT2D eigenvalue weighted by molar-refractivity contribution is 0.0520. The number of fused-ring (bicyclic) bond motifs is 3. The van der Waals surface area contributed by atoms with Gasteiger partial charge < -0.3 is 9.30 Å². The van der Waals surface area contributed by atoms with E-state index in [4.69, 9.17) is 4.74 Å². The number of carbonyl (C=O) groups is 1. The van der Waals surface area contributed by atoms with Gasteiger partial charge in [-0.3, -0.25) is 4.79 Å². The van der Waals surface area contributed by atoms with E-state index in [1.165, 1.54) is 6.20 Å². The Kier molecular flexibility index (Phi) is 4.42. The second-order valence-electron chi connectivity index (χ2n) is 6.23. The van der Waals surface area contributed by atoms with Crippen molar-refractivity contribution in [2.24, 2.45) is 0 Å². The number of benzene rings is 2. The SMILES string of the molecule is CCOC(=O)c1cc2c(cn1)c(=O)n(Cc1ccccc1)c1ccccc21. The summed E-state index contributed by atoms with van der Waals surface area (Å²) in [5.41, 5.74) is 1.94. The highest BCUT2D eigenvalue weighted by Gasteiger charge is 2.15. The Balaban J connectivity index is 1.97. The molecule has 0 aliphatic rings. The van der Waals surface area contributed by atoms with Crippen LogP contribution in [0.3, 0.4) is 0 Å². The monoisotopic (exact) mass is 358 g/mol. The van der Waals surface area contributed by atoms with Crippen LogP contribution in [0.15, 0.2) is 71.7 Å². The van der Waals surface area contributed by atoms with Gasteiger partial charge in [0.25, 0.3) is 5.56 Å². The summed E-state index contributed by atoms with van der Waals surface area (Å²) in [6, 6.07) is 19.2. The molecule has 0 saturated carbocycles. The zero-order valence-electron chi connectivity index (χ0n) is 14.9. The minimum atomic E-state index is -0.489. The van der Waals surface area contributed by atoms with Crippen LogP contribution in [0.4, 0.5) is 0 Å². The highest BCUT2D eigenvalue weighted by Crippen LogP contribution is 2.24. The Labute approximate surface area is 155 Å². The average Bonchev–Trinajstić information content (AvgIpc) is 2.71. The molecule has 0 atom stereocenters. The third kappa shape index (κ3) is 3.08. The molecule has 4 rings (SSSR count). The van der Waals surface area contributed by atoms with Crippen LogP contribution in [-0.2, 0) is 11.3 Å². The number of nitrogens with zero attached hydrogens (tertiary/aromatic N) is 2. The molecule has 0 bridgehead atoms. The van der Waals surface area contributed by atoms with Crippen molar-refractivity contribution in [3.8, 4) is 0 Å². The van der Waals surface area contributed by atoms with E-state index in [9.17, 15) is 9.59 Å². The molecule has 0 aliphatic carbocycles. The number of carbonyl (C=O) groups excluding carboxylic acids is 1. The maximum absolute atomic E-state index is 13.2. The molecule has 5 nitrogen and oxygen atoms in total. The van der Waals surface area contributed by atoms with Crippen molar-refractivity contribution >= 4 is 27.6 Å². The van der Waals surface area contributed by atoms with Gasteiger partial charge >= 0.3 is 5.97 Å². The van der Waals surface area contributed by atoms with Crippen LogP contribution in [0.25, 0.3) is 21.7 Å². The molecule has 0 spiro atoms. The summed E-state index contributed by atoms with van der Waals surface area (Å²) in [5, 5.41) is 2.09. The molecule has 2 heterocycles. The third-order valence-corrected chi connectivity index (χ3v) is 4.53. The van der Waals surface area contributed by atoms with E-state index in [2.05, 4.69) is 4.98 Å². The van der Waals surface area contributed by atoms with Crippen LogP contribution in [0.1, 0.15) is 23.0 Å². The van der Waals surface area contributed by atoms with Gasteiger partial charge in [-0.15, -0.1) is 0 Å². The Hall–Kier alpha value is -3.47. The zero-order valence-corrected chi connectivity index (χ0v) is 14.9. The molecule has 134 valence electrons. The van der Waals surface area contributed by atoms with Crippen molar-refractivity contribution in [3.05, 3.63) is 88.5 Å². The van der Waals surface area contributed by atoms with Gasteiger partial charge in [0, 0.05) is 17.0 Å². The number of rotatable bonds is 4. The van der Waals surface area contributed by atoms with Crippen LogP contribution in [0, 0.1) is 0 Å². The van der Waals surface area contributed by atoms with Gasteiger partial charge in [0.2, 0.25) is 0 Å². The molecular formula is C22H18N2O3. The lowest BCUT2D eigenvalue weighted by Gasteiger charge is -2.13. The molecule has 2 aromatic heterocycles. The fourth-order valence-corrected chi connectivity index (χ4v) is 3.28. The fraction of sp³-hybridized carbons (Fsp3) is 0.136. The number of para-hydroxylation sites is 1. The first kappa shape index (κ1) is 17.0. The number of esters is 1. The van der Waals surface area contributed by atoms with E-state index in [0.29, 0.717) is 17.3 Å². The lowest BCUT2D eigenvalue weighted by atomic mass is 10.1. The molecule has 0 N–H and O–H groups in total. The van der Waals surface area contributed by atoms with Crippen molar-refractivity contribution in [1.29, 1.82) is 0 Å². The second-order valence-corrected chi connectivity index (χ2v) is 6.23. The highest BCUT2D eigenvalue weighted by atomic mass is 16.5. The molecule has 0 aliphatic heterocycles. The number of hydrogen-bond acceptors (Lipinski definition) is 4. The van der Waals surface area contributed by atoms with Gasteiger partial charge in [-0.25, -0.2) is 9.78 Å². The van der Waals surface area contributed by atoms with Crippen molar-refractivity contribution in [2.45, 2.75) is 13.5 Å². The predicted molar refractivity (Wildman–Crippen MR) is 105 cm³/mol. The van der Waals surface area contributed by atoms with Crippen LogP contribution in [-0.4, -0.2) is 22.1 Å². The Morgan fingerprint density at radius 2 is 1.74 bits per heavy atom. The van der Waals surface area contributed by atoms with Gasteiger partial charge in [-0.05, 0) is 24.6 Å². The first-order chi connectivity index (χ1) is 13.2. The first-order valence-electron chi connectivity index (χ1n) is 8.81. The molecule has 0 fully saturated rings. The van der Waals surface area contributed by atoms with Gasteiger partial charge in [0.1, 0.15) is 5.69 Å². The minimum absolute atomic E-state index is 0.129. The number of ether oxygens (including phenoxy) is 1. The van der Waals surface area contributed by atoms with Crippen LogP contribution >= 0.6 is 0 Å². The Bertz CT molecular complexity index is 1200. The Morgan fingerprint density at radius 1 is 1.00 bits per heavy atom. The number of hydrogen-bond donors (Lipinski definition) is 0. The molecule has 5 heteroatoms. The summed E-state index contributed by atoms with van der Waals surface area (Å²) in [4.78, 5) is 29.4. The van der Waals surface area contributed by atoms with Gasteiger partial charge in [-0.2, -0.15) is 0 Å². The van der Waals surface area contributed by atoms with Crippen molar-refractivity contribution in [2.75, 3.05) is 6.61 Å². The quantitative estimate of drug-likeness (QED) is 0.411. The summed E-state index contributed by atoms with van der Waals surface area (Å²) in [6.07, 6.45) is 1.47. The molecule has 0 unspecified atom stereocenters. The maximum atomic E-state index is 13.2. The summed E-state index contributed by atoms with van der Waals surface area (Å²) >= 11 is 0. The third-order valence-electron chi connectivity index (χ3n) is 4.53. The van der Waals surface area contributed by atoms with Crippen LogP contribution in [0.2, 0.25) is 0 Å². The predicted octanol–water partition coefficient (Wildman–Crippen LogP) is 3.77. The van der Waals surface area contributed by atoms with Crippen molar-refractivity contribution < 1.29 is 9.53 Å². The van der Waals surface area contributed by atoms with Gasteiger partial charge in [-0.1, -0.05) is 48.5 Å². The fourth-order valence-electron chi connectivity index (χ4n) is 3.28. The smallest absolute Gasteiger partial charge is 0.356 e. The van der Waals surface area contributed by atoms with E-state index in [1.807, 2.05) is 54.6 Å². The van der Waals surface area contributed by atoms with E-state index in [0.717, 1.165) is 16.5 Å². The minimum Gasteiger partial charge on any atom is -0.461 e. The van der Waals surface area contributed by atoms with E-state index < -0.39 is 5.97 Å². The molecule has 2 aromatic carbocycles. The lowest BCUT2D eigenvalue weighted by Crippen LogP contribution is -2.22. The topological polar surface area (TPSA) is 61.2 Å². The van der Waals surface area contributed by atoms with Crippen LogP contribution < -0.4 is 5.56 Å². The number of pyridine rings is 2. The first-order valence-corrected chi connectivity index (χ1v) is 8.81. The molecular weight excluding hydrogens is 340 g/mol. The molecule has 27 heavy (non-hydrogen) atoms. The second kappa shape index (κ2) is 7.03. The standard InChI is InChI=1S/C22H18N2O3/c1-2-27-22(26)19-12-17-16-10-6-7-11-20(16)24(21(25)18(17)13-23-19)14-15-8-4-3-5-9-15/h3-13H,2,14H2,1H3. The maximum Gasteiger partial charge on any atom is 0.356 e. The van der Waals surface area contributed by atoms with Crippen molar-refractivity contribution in [3.63, 3.8) is 0 Å². The summed E-state index contributed by atoms with van der Waals surface area (Å²) in [6.45, 7) is 2.49. The summed E-state index contributed by atoms with van der Waals surface area (Å²) in [5.74, 6) is -0.489. The summed E-state index contributed by atoms with van der Waals surface area (Å²) < 4.78 is 6.79. The molecule has 0 radical (unpaired) electrons. The molecule has 4 aromatic rings. The number of aromatic nitrogens is 2. The van der Waals surface area contributed by atoms with E-state index in [1.54, 1.807) is 17.6 Å². The van der Waals surface area contributed by atoms with Gasteiger partial charge in [0.15, 0.2) is 0 Å². The summed E-state index contributed by atoms with van der Waals surface area (Å²) in [7, 11) is 0. The average molecular weight is 358 g/mol. The molecule has 0 saturated heterocycles. The van der Waals surface area contributed by atoms with Gasteiger partial charge in [0.05, 0.1) is 24.1 Å². The Morgan fingerprint density at radius 3 is 2.52 bits per heavy atom. The zero-order chi connectivity index (χ0) is 18.8.